The maximum atomic E-state index is 5.87. The summed E-state index contributed by atoms with van der Waals surface area (Å²) in [5, 5.41) is 32.8. The van der Waals surface area contributed by atoms with Gasteiger partial charge in [0.05, 0.1) is 0 Å². The third-order valence-electron chi connectivity index (χ3n) is 20.3. The van der Waals surface area contributed by atoms with Crippen molar-refractivity contribution in [1.82, 2.24) is 77.8 Å². The molecule has 0 spiro atoms. The van der Waals surface area contributed by atoms with Crippen molar-refractivity contribution in [2.75, 3.05) is 0 Å². The zero-order chi connectivity index (χ0) is 85.4. The first-order valence-electron chi connectivity index (χ1n) is 45.6. The Labute approximate surface area is 710 Å². The normalized spacial score (nSPS) is 23.2. The maximum absolute atomic E-state index is 5.87. The molecule has 0 radical (unpaired) electrons. The van der Waals surface area contributed by atoms with Crippen molar-refractivity contribution in [3.8, 4) is 0 Å². The fraction of sp³-hybridized carbons (Fsp3) is 0.694. The molecule has 15 N–H and O–H groups in total. The summed E-state index contributed by atoms with van der Waals surface area (Å²) in [6, 6.07) is 32.0. The van der Waals surface area contributed by atoms with E-state index < -0.39 is 0 Å². The molecule has 6 fully saturated rings. The van der Waals surface area contributed by atoms with E-state index in [1.165, 1.54) is 149 Å². The van der Waals surface area contributed by atoms with Gasteiger partial charge in [-0.15, -0.1) is 0 Å². The van der Waals surface area contributed by atoms with Gasteiger partial charge in [0, 0.05) is 203 Å². The average molecular weight is 1600 g/mol. The first kappa shape index (κ1) is 105. The third-order valence-corrected chi connectivity index (χ3v) is 20.3. The van der Waals surface area contributed by atoms with Crippen LogP contribution in [0.1, 0.15) is 326 Å². The lowest BCUT2D eigenvalue weighted by atomic mass is 9.89. The molecule has 656 valence electrons. The van der Waals surface area contributed by atoms with Crippen molar-refractivity contribution < 1.29 is 0 Å². The molecular formula is C98H174N18. The first-order valence-corrected chi connectivity index (χ1v) is 45.6. The Morgan fingerprint density at radius 3 is 0.500 bits per heavy atom. The van der Waals surface area contributed by atoms with Crippen LogP contribution >= 0.6 is 0 Å². The topological polar surface area (TPSA) is 264 Å². The monoisotopic (exact) mass is 1600 g/mol. The largest absolute Gasteiger partial charge is 0.328 e. The lowest BCUT2D eigenvalue weighted by molar-refractivity contribution is 0.261. The summed E-state index contributed by atoms with van der Waals surface area (Å²) in [7, 11) is 0. The van der Waals surface area contributed by atoms with Crippen LogP contribution in [0.2, 0.25) is 0 Å². The lowest BCUT2D eigenvalue weighted by Crippen LogP contribution is -2.47. The minimum atomic E-state index is 0.237. The number of rotatable bonds is 21. The number of hydrogen-bond donors (Lipinski definition) is 12. The molecule has 116 heavy (non-hydrogen) atoms. The Balaban J connectivity index is 0.000000349. The summed E-state index contributed by atoms with van der Waals surface area (Å²) in [5.41, 5.74) is 25.9. The van der Waals surface area contributed by atoms with Gasteiger partial charge >= 0.3 is 0 Å². The molecule has 6 aromatic heterocycles. The molecule has 0 saturated heterocycles. The molecule has 6 heterocycles. The van der Waals surface area contributed by atoms with Crippen LogP contribution in [0.4, 0.5) is 0 Å². The standard InChI is InChI=1S/3C16H27N3.3C12H19N3.3C4H10.C2H6/c3*1-16(2,3)19-15-8-6-14(7-9-15)18-12-13-5-4-10-17-11-13;3*13-11-3-5-12(6-4-11)15-9-10-2-1-7-14-8-10;3*1-4(2)3;1-2/h3*4-5,10-11,14-15,18-19H,6-9,12H2,1-3H3;3*1-2,7-8,11-12,15H,3-6,9,13H2;3*4H,1-3H3;1-2H3. The van der Waals surface area contributed by atoms with Gasteiger partial charge in [-0.05, 0) is 304 Å². The van der Waals surface area contributed by atoms with Crippen molar-refractivity contribution in [2.24, 2.45) is 35.0 Å². The molecule has 0 aliphatic heterocycles. The van der Waals surface area contributed by atoms with Crippen LogP contribution in [-0.4, -0.2) is 119 Å². The van der Waals surface area contributed by atoms with Crippen molar-refractivity contribution >= 4 is 0 Å². The predicted molar refractivity (Wildman–Crippen MR) is 497 cm³/mol. The zero-order valence-corrected chi connectivity index (χ0v) is 77.1. The van der Waals surface area contributed by atoms with E-state index in [4.69, 9.17) is 17.2 Å². The molecule has 0 atom stereocenters. The van der Waals surface area contributed by atoms with Gasteiger partial charge in [-0.25, -0.2) is 0 Å². The predicted octanol–water partition coefficient (Wildman–Crippen LogP) is 18.9. The molecule has 12 rings (SSSR count). The molecular weight excluding hydrogens is 1430 g/mol. The van der Waals surface area contributed by atoms with E-state index in [0.29, 0.717) is 72.5 Å². The van der Waals surface area contributed by atoms with Crippen LogP contribution in [0.5, 0.6) is 0 Å². The molecule has 6 aliphatic rings. The Kier molecular flexibility index (Phi) is 55.6. The first-order chi connectivity index (χ1) is 55.3. The fourth-order valence-electron chi connectivity index (χ4n) is 14.7. The molecule has 18 nitrogen and oxygen atoms in total. The summed E-state index contributed by atoms with van der Waals surface area (Å²) in [6.07, 6.45) is 52.0. The molecule has 0 bridgehead atoms. The highest BCUT2D eigenvalue weighted by molar-refractivity contribution is 5.13. The number of pyridine rings is 6. The van der Waals surface area contributed by atoms with Crippen LogP contribution in [0, 0.1) is 17.8 Å². The van der Waals surface area contributed by atoms with E-state index in [0.717, 1.165) is 95.5 Å². The maximum Gasteiger partial charge on any atom is 0.0312 e. The van der Waals surface area contributed by atoms with Crippen molar-refractivity contribution in [3.05, 3.63) is 181 Å². The molecule has 6 saturated carbocycles. The minimum absolute atomic E-state index is 0.237. The summed E-state index contributed by atoms with van der Waals surface area (Å²) < 4.78 is 0. The quantitative estimate of drug-likeness (QED) is 0.0320. The summed E-state index contributed by atoms with van der Waals surface area (Å²) in [6.45, 7) is 49.3. The van der Waals surface area contributed by atoms with Gasteiger partial charge < -0.3 is 65.1 Å². The van der Waals surface area contributed by atoms with Crippen molar-refractivity contribution in [1.29, 1.82) is 0 Å². The van der Waals surface area contributed by atoms with E-state index in [1.807, 2.05) is 125 Å². The van der Waals surface area contributed by atoms with Gasteiger partial charge in [-0.2, -0.15) is 0 Å². The molecule has 18 heteroatoms. The highest BCUT2D eigenvalue weighted by atomic mass is 15.0. The van der Waals surface area contributed by atoms with Gasteiger partial charge in [-0.3, -0.25) is 29.9 Å². The summed E-state index contributed by atoms with van der Waals surface area (Å²) in [4.78, 5) is 24.8. The number of nitrogens with zero attached hydrogens (tertiary/aromatic N) is 6. The van der Waals surface area contributed by atoms with Gasteiger partial charge in [0.1, 0.15) is 0 Å². The van der Waals surface area contributed by atoms with Crippen LogP contribution in [0.3, 0.4) is 0 Å². The Hall–Kier alpha value is -5.58. The smallest absolute Gasteiger partial charge is 0.0312 e. The van der Waals surface area contributed by atoms with Crippen molar-refractivity contribution in [2.45, 2.75) is 421 Å². The van der Waals surface area contributed by atoms with Crippen LogP contribution in [0.15, 0.2) is 147 Å². The van der Waals surface area contributed by atoms with E-state index in [2.05, 4.69) is 239 Å². The minimum Gasteiger partial charge on any atom is -0.328 e. The van der Waals surface area contributed by atoms with Gasteiger partial charge in [0.2, 0.25) is 0 Å². The highest BCUT2D eigenvalue weighted by Crippen LogP contribution is 2.25. The lowest BCUT2D eigenvalue weighted by Gasteiger charge is -2.34. The Bertz CT molecular complexity index is 2790. The van der Waals surface area contributed by atoms with E-state index in [-0.39, 0.29) is 16.6 Å². The highest BCUT2D eigenvalue weighted by Gasteiger charge is 2.28. The molecule has 0 unspecified atom stereocenters. The SMILES string of the molecule is CC.CC(C)(C)NC1CCC(NCc2cccnc2)CC1.CC(C)(C)NC1CCC(NCc2cccnc2)CC1.CC(C)(C)NC1CCC(NCc2cccnc2)CC1.CC(C)C.CC(C)C.CC(C)C.NC1CCC(NCc2cccnc2)CC1.NC1CCC(NCc2cccnc2)CC1.NC1CCC(NCc2cccnc2)CC1. The number of aromatic nitrogens is 6. The van der Waals surface area contributed by atoms with Gasteiger partial charge in [0.15, 0.2) is 0 Å². The Morgan fingerprint density at radius 1 is 0.250 bits per heavy atom. The Morgan fingerprint density at radius 2 is 0.379 bits per heavy atom. The summed E-state index contributed by atoms with van der Waals surface area (Å²) in [5.74, 6) is 2.50. The molecule has 6 aromatic rings. The van der Waals surface area contributed by atoms with E-state index >= 15 is 0 Å². The zero-order valence-electron chi connectivity index (χ0n) is 77.1. The summed E-state index contributed by atoms with van der Waals surface area (Å²) >= 11 is 0. The van der Waals surface area contributed by atoms with Crippen molar-refractivity contribution in [3.63, 3.8) is 0 Å². The third kappa shape index (κ3) is 57.6. The van der Waals surface area contributed by atoms with E-state index in [1.54, 1.807) is 0 Å². The van der Waals surface area contributed by atoms with Crippen LogP contribution in [-0.2, 0) is 39.3 Å². The van der Waals surface area contributed by atoms with E-state index in [9.17, 15) is 0 Å². The average Bonchev–Trinajstić information content (AvgIpc) is 0.958. The van der Waals surface area contributed by atoms with Gasteiger partial charge in [0.25, 0.3) is 0 Å². The number of hydrogen-bond acceptors (Lipinski definition) is 18. The van der Waals surface area contributed by atoms with Crippen LogP contribution in [0.25, 0.3) is 0 Å². The second-order valence-electron chi connectivity index (χ2n) is 38.3. The van der Waals surface area contributed by atoms with Gasteiger partial charge in [-0.1, -0.05) is 113 Å². The number of nitrogens with one attached hydrogen (secondary N) is 9. The second kappa shape index (κ2) is 61.7. The molecule has 6 aliphatic carbocycles. The fourth-order valence-corrected chi connectivity index (χ4v) is 14.7. The molecule has 0 aromatic carbocycles. The molecule has 0 amide bonds. The number of nitrogens with two attached hydrogens (primary N) is 3. The van der Waals surface area contributed by atoms with Crippen LogP contribution < -0.4 is 65.1 Å². The second-order valence-corrected chi connectivity index (χ2v) is 38.3.